The van der Waals surface area contributed by atoms with Crippen LogP contribution in [0, 0.1) is 6.92 Å². The standard InChI is InChI=1S/C23H26N4O4/c1-15-11-16(8-9-19(15)28)26-23-22-18(24-14-25-23)6-3-7-20(22)31-12-17-5-4-10-27(17)21(29)13-30-2/h3,6-9,11,14,17,28H,4-5,10,12-13H2,1-2H3,(H,24,25,26)/t17-/m1/s1. The zero-order chi connectivity index (χ0) is 21.8. The van der Waals surface area contributed by atoms with Gasteiger partial charge in [0.05, 0.1) is 16.9 Å². The van der Waals surface area contributed by atoms with Crippen LogP contribution in [0.5, 0.6) is 11.5 Å². The summed E-state index contributed by atoms with van der Waals surface area (Å²) in [6, 6.07) is 11.0. The van der Waals surface area contributed by atoms with E-state index in [1.54, 1.807) is 12.1 Å². The fraction of sp³-hybridized carbons (Fsp3) is 0.348. The first-order valence-corrected chi connectivity index (χ1v) is 10.3. The van der Waals surface area contributed by atoms with E-state index in [1.165, 1.54) is 13.4 Å². The maximum atomic E-state index is 12.3. The molecule has 0 bridgehead atoms. The number of fused-ring (bicyclic) bond motifs is 1. The number of hydrogen-bond acceptors (Lipinski definition) is 7. The molecule has 1 aliphatic rings. The molecule has 2 N–H and O–H groups in total. The number of rotatable bonds is 7. The zero-order valence-electron chi connectivity index (χ0n) is 17.7. The first-order valence-electron chi connectivity index (χ1n) is 10.3. The molecule has 1 aromatic heterocycles. The van der Waals surface area contributed by atoms with Crippen molar-refractivity contribution in [2.24, 2.45) is 0 Å². The molecule has 4 rings (SSSR count). The van der Waals surface area contributed by atoms with Crippen molar-refractivity contribution in [1.29, 1.82) is 0 Å². The van der Waals surface area contributed by atoms with Crippen LogP contribution in [0.15, 0.2) is 42.7 Å². The second-order valence-electron chi connectivity index (χ2n) is 7.63. The largest absolute Gasteiger partial charge is 0.508 e. The maximum absolute atomic E-state index is 12.3. The van der Waals surface area contributed by atoms with Gasteiger partial charge >= 0.3 is 0 Å². The first kappa shape index (κ1) is 20.9. The number of nitrogens with zero attached hydrogens (tertiary/aromatic N) is 3. The van der Waals surface area contributed by atoms with Gasteiger partial charge in [0.1, 0.15) is 36.9 Å². The van der Waals surface area contributed by atoms with Gasteiger partial charge in [-0.15, -0.1) is 0 Å². The van der Waals surface area contributed by atoms with E-state index in [0.717, 1.165) is 41.5 Å². The minimum atomic E-state index is -0.0140. The number of likely N-dealkylation sites (tertiary alicyclic amines) is 1. The molecule has 1 aliphatic heterocycles. The summed E-state index contributed by atoms with van der Waals surface area (Å²) >= 11 is 0. The molecule has 2 aromatic carbocycles. The molecule has 31 heavy (non-hydrogen) atoms. The van der Waals surface area contributed by atoms with E-state index in [4.69, 9.17) is 9.47 Å². The Morgan fingerprint density at radius 1 is 1.29 bits per heavy atom. The monoisotopic (exact) mass is 422 g/mol. The van der Waals surface area contributed by atoms with Gasteiger partial charge in [-0.2, -0.15) is 0 Å². The summed E-state index contributed by atoms with van der Waals surface area (Å²) in [4.78, 5) is 22.9. The lowest BCUT2D eigenvalue weighted by Gasteiger charge is -2.25. The van der Waals surface area contributed by atoms with E-state index in [9.17, 15) is 9.90 Å². The molecule has 1 fully saturated rings. The Balaban J connectivity index is 1.58. The Labute approximate surface area is 180 Å². The van der Waals surface area contributed by atoms with Crippen LogP contribution < -0.4 is 10.1 Å². The van der Waals surface area contributed by atoms with Crippen LogP contribution in [0.3, 0.4) is 0 Å². The molecule has 0 spiro atoms. The third-order valence-electron chi connectivity index (χ3n) is 5.48. The van der Waals surface area contributed by atoms with Crippen LogP contribution >= 0.6 is 0 Å². The van der Waals surface area contributed by atoms with Gasteiger partial charge in [-0.3, -0.25) is 4.79 Å². The van der Waals surface area contributed by atoms with Gasteiger partial charge in [-0.25, -0.2) is 9.97 Å². The molecule has 2 heterocycles. The van der Waals surface area contributed by atoms with Crippen molar-refractivity contribution in [2.45, 2.75) is 25.8 Å². The summed E-state index contributed by atoms with van der Waals surface area (Å²) in [6.07, 6.45) is 3.35. The Morgan fingerprint density at radius 3 is 2.97 bits per heavy atom. The van der Waals surface area contributed by atoms with Gasteiger partial charge in [0.15, 0.2) is 0 Å². The van der Waals surface area contributed by atoms with Crippen LogP contribution in [0.2, 0.25) is 0 Å². The number of phenolic OH excluding ortho intramolecular Hbond substituents is 1. The molecule has 1 saturated heterocycles. The number of aromatic hydroxyl groups is 1. The SMILES string of the molecule is COCC(=O)N1CCC[C@@H]1COc1cccc2ncnc(Nc3ccc(O)c(C)c3)c12. The molecular formula is C23H26N4O4. The van der Waals surface area contributed by atoms with Gasteiger partial charge < -0.3 is 24.8 Å². The topological polar surface area (TPSA) is 96.8 Å². The zero-order valence-corrected chi connectivity index (χ0v) is 17.7. The Bertz CT molecular complexity index is 1080. The summed E-state index contributed by atoms with van der Waals surface area (Å²) in [5, 5.41) is 13.9. The third-order valence-corrected chi connectivity index (χ3v) is 5.48. The van der Waals surface area contributed by atoms with E-state index in [0.29, 0.717) is 18.2 Å². The van der Waals surface area contributed by atoms with Gasteiger partial charge in [0.25, 0.3) is 0 Å². The summed E-state index contributed by atoms with van der Waals surface area (Å²) in [5.41, 5.74) is 2.32. The van der Waals surface area contributed by atoms with Gasteiger partial charge in [-0.05, 0) is 55.7 Å². The fourth-order valence-electron chi connectivity index (χ4n) is 3.89. The third kappa shape index (κ3) is 4.54. The minimum absolute atomic E-state index is 0.0127. The predicted molar refractivity (Wildman–Crippen MR) is 118 cm³/mol. The van der Waals surface area contributed by atoms with Gasteiger partial charge in [0, 0.05) is 19.3 Å². The summed E-state index contributed by atoms with van der Waals surface area (Å²) in [7, 11) is 1.53. The molecular weight excluding hydrogens is 396 g/mol. The van der Waals surface area contributed by atoms with Crippen LogP contribution in [-0.2, 0) is 9.53 Å². The lowest BCUT2D eigenvalue weighted by molar-refractivity contribution is -0.136. The van der Waals surface area contributed by atoms with E-state index >= 15 is 0 Å². The molecule has 162 valence electrons. The Kier molecular flexibility index (Phi) is 6.18. The number of aryl methyl sites for hydroxylation is 1. The number of anilines is 2. The van der Waals surface area contributed by atoms with Gasteiger partial charge in [0.2, 0.25) is 5.91 Å². The number of carbonyl (C=O) groups excluding carboxylic acids is 1. The number of nitrogens with one attached hydrogen (secondary N) is 1. The number of carbonyl (C=O) groups is 1. The van der Waals surface area contributed by atoms with Crippen LogP contribution in [0.25, 0.3) is 10.9 Å². The predicted octanol–water partition coefficient (Wildman–Crippen LogP) is 3.40. The number of amides is 1. The molecule has 1 amide bonds. The molecule has 0 unspecified atom stereocenters. The van der Waals surface area contributed by atoms with E-state index in [-0.39, 0.29) is 24.3 Å². The van der Waals surface area contributed by atoms with Crippen molar-refractivity contribution in [3.63, 3.8) is 0 Å². The van der Waals surface area contributed by atoms with E-state index < -0.39 is 0 Å². The first-order chi connectivity index (χ1) is 15.1. The summed E-state index contributed by atoms with van der Waals surface area (Å²) < 4.78 is 11.2. The molecule has 0 aliphatic carbocycles. The number of methoxy groups -OCH3 is 1. The highest BCUT2D eigenvalue weighted by Gasteiger charge is 2.29. The highest BCUT2D eigenvalue weighted by Crippen LogP contribution is 2.33. The second kappa shape index (κ2) is 9.18. The minimum Gasteiger partial charge on any atom is -0.508 e. The normalized spacial score (nSPS) is 15.9. The maximum Gasteiger partial charge on any atom is 0.248 e. The van der Waals surface area contributed by atoms with Crippen molar-refractivity contribution in [2.75, 3.05) is 32.2 Å². The number of aromatic nitrogens is 2. The number of phenols is 1. The van der Waals surface area contributed by atoms with Crippen molar-refractivity contribution in [3.8, 4) is 11.5 Å². The average Bonchev–Trinajstić information content (AvgIpc) is 3.24. The second-order valence-corrected chi connectivity index (χ2v) is 7.63. The molecule has 8 nitrogen and oxygen atoms in total. The van der Waals surface area contributed by atoms with Crippen molar-refractivity contribution in [1.82, 2.24) is 14.9 Å². The van der Waals surface area contributed by atoms with Crippen molar-refractivity contribution >= 4 is 28.3 Å². The average molecular weight is 422 g/mol. The van der Waals surface area contributed by atoms with Crippen molar-refractivity contribution < 1.29 is 19.4 Å². The Morgan fingerprint density at radius 2 is 2.16 bits per heavy atom. The highest BCUT2D eigenvalue weighted by molar-refractivity contribution is 5.95. The lowest BCUT2D eigenvalue weighted by atomic mass is 10.1. The summed E-state index contributed by atoms with van der Waals surface area (Å²) in [6.45, 7) is 3.03. The fourth-order valence-corrected chi connectivity index (χ4v) is 3.89. The quantitative estimate of drug-likeness (QED) is 0.563. The van der Waals surface area contributed by atoms with E-state index in [2.05, 4.69) is 15.3 Å². The molecule has 0 saturated carbocycles. The van der Waals surface area contributed by atoms with Crippen LogP contribution in [-0.4, -0.2) is 58.8 Å². The molecule has 1 atom stereocenters. The number of hydrogen-bond donors (Lipinski definition) is 2. The number of benzene rings is 2. The van der Waals surface area contributed by atoms with Gasteiger partial charge in [-0.1, -0.05) is 6.07 Å². The molecule has 8 heteroatoms. The lowest BCUT2D eigenvalue weighted by Crippen LogP contribution is -2.40. The molecule has 0 radical (unpaired) electrons. The van der Waals surface area contributed by atoms with Crippen LogP contribution in [0.1, 0.15) is 18.4 Å². The van der Waals surface area contributed by atoms with Crippen LogP contribution in [0.4, 0.5) is 11.5 Å². The number of ether oxygens (including phenoxy) is 2. The van der Waals surface area contributed by atoms with E-state index in [1.807, 2.05) is 36.1 Å². The van der Waals surface area contributed by atoms with Crippen molar-refractivity contribution in [3.05, 3.63) is 48.3 Å². The highest BCUT2D eigenvalue weighted by atomic mass is 16.5. The Hall–Kier alpha value is -3.39. The molecule has 3 aromatic rings. The smallest absolute Gasteiger partial charge is 0.248 e. The summed E-state index contributed by atoms with van der Waals surface area (Å²) in [5.74, 6) is 1.50.